The van der Waals surface area contributed by atoms with E-state index in [9.17, 15) is 9.70 Å². The van der Waals surface area contributed by atoms with E-state index < -0.39 is 12.0 Å². The van der Waals surface area contributed by atoms with Crippen LogP contribution >= 0.6 is 0 Å². The molecule has 0 saturated heterocycles. The molecule has 0 bridgehead atoms. The van der Waals surface area contributed by atoms with Crippen molar-refractivity contribution in [2.75, 3.05) is 18.5 Å². The van der Waals surface area contributed by atoms with E-state index in [0.29, 0.717) is 4.87 Å². The lowest BCUT2D eigenvalue weighted by molar-refractivity contribution is -0.693. The molecule has 2 atom stereocenters. The van der Waals surface area contributed by atoms with Crippen molar-refractivity contribution < 1.29 is 19.2 Å². The average Bonchev–Trinajstić information content (AvgIpc) is 2.74. The summed E-state index contributed by atoms with van der Waals surface area (Å²) >= 11 is 0. The molecule has 2 N–H and O–H groups in total. The number of nitroso groups, excluding NO2 is 1. The molecule has 7 heteroatoms. The molecule has 0 aliphatic carbocycles. The number of hydrogen-bond donors (Lipinski definition) is 2. The van der Waals surface area contributed by atoms with Crippen molar-refractivity contribution in [3.05, 3.63) is 34.7 Å². The zero-order chi connectivity index (χ0) is 14.5. The predicted molar refractivity (Wildman–Crippen MR) is 71.6 cm³/mol. The first kappa shape index (κ1) is 14.3. The zero-order valence-electron chi connectivity index (χ0n) is 11.5. The monoisotopic (exact) mass is 280 g/mol. The predicted octanol–water partition coefficient (Wildman–Crippen LogP) is 1.32. The summed E-state index contributed by atoms with van der Waals surface area (Å²) in [5.74, 6) is -0.522. The van der Waals surface area contributed by atoms with E-state index in [4.69, 9.17) is 4.84 Å². The van der Waals surface area contributed by atoms with Gasteiger partial charge in [0.25, 0.3) is 6.04 Å². The highest BCUT2D eigenvalue weighted by Gasteiger charge is 2.41. The summed E-state index contributed by atoms with van der Waals surface area (Å²) in [5.41, 5.74) is 4.04. The van der Waals surface area contributed by atoms with Crippen molar-refractivity contribution in [3.8, 4) is 0 Å². The Morgan fingerprint density at radius 2 is 2.20 bits per heavy atom. The van der Waals surface area contributed by atoms with Crippen LogP contribution in [-0.4, -0.2) is 30.1 Å². The number of fused-ring (bicyclic) bond motifs is 1. The van der Waals surface area contributed by atoms with Gasteiger partial charge in [0.05, 0.1) is 23.1 Å². The minimum absolute atomic E-state index is 0.0661. The highest BCUT2D eigenvalue weighted by atomic mass is 16.7. The summed E-state index contributed by atoms with van der Waals surface area (Å²) < 4.78 is 4.69. The largest absolute Gasteiger partial charge is 0.464 e. The van der Waals surface area contributed by atoms with Gasteiger partial charge < -0.3 is 10.1 Å². The molecule has 0 aromatic heterocycles. The van der Waals surface area contributed by atoms with Crippen molar-refractivity contribution in [2.45, 2.75) is 25.9 Å². The van der Waals surface area contributed by atoms with Gasteiger partial charge >= 0.3 is 5.97 Å². The number of carbonyl (C=O) groups excluding carboxylic acids is 1. The summed E-state index contributed by atoms with van der Waals surface area (Å²) in [6.45, 7) is 3.57. The minimum Gasteiger partial charge on any atom is -0.464 e. The molecule has 20 heavy (non-hydrogen) atoms. The van der Waals surface area contributed by atoms with Gasteiger partial charge in [0.2, 0.25) is 0 Å². The molecule has 1 aliphatic heterocycles. The number of carbonyl (C=O) groups is 1. The van der Waals surface area contributed by atoms with Crippen LogP contribution in [-0.2, 0) is 14.4 Å². The van der Waals surface area contributed by atoms with Gasteiger partial charge in [0.15, 0.2) is 11.5 Å². The van der Waals surface area contributed by atoms with E-state index in [1.54, 1.807) is 6.92 Å². The van der Waals surface area contributed by atoms with Gasteiger partial charge in [-0.2, -0.15) is 0 Å². The molecular formula is C13H18N3O4+. The van der Waals surface area contributed by atoms with E-state index in [1.165, 1.54) is 0 Å². The van der Waals surface area contributed by atoms with E-state index in [-0.39, 0.29) is 19.3 Å². The molecular weight excluding hydrogens is 262 g/mol. The summed E-state index contributed by atoms with van der Waals surface area (Å²) in [6.07, 6.45) is 0. The molecule has 0 radical (unpaired) electrons. The molecule has 0 saturated carbocycles. The Morgan fingerprint density at radius 3 is 2.95 bits per heavy atom. The molecule has 1 aromatic rings. The van der Waals surface area contributed by atoms with Gasteiger partial charge in [-0.25, -0.2) is 9.63 Å². The maximum Gasteiger partial charge on any atom is 0.335 e. The van der Waals surface area contributed by atoms with Crippen LogP contribution in [0.1, 0.15) is 25.5 Å². The Labute approximate surface area is 116 Å². The fourth-order valence-corrected chi connectivity index (χ4v) is 2.22. The lowest BCUT2D eigenvalue weighted by atomic mass is 10.1. The van der Waals surface area contributed by atoms with Crippen molar-refractivity contribution in [3.63, 3.8) is 0 Å². The average molecular weight is 280 g/mol. The second-order valence-corrected chi connectivity index (χ2v) is 4.48. The maximum absolute atomic E-state index is 12.0. The molecule has 7 nitrogen and oxygen atoms in total. The first-order chi connectivity index (χ1) is 9.63. The Bertz CT molecular complexity index is 506. The molecule has 0 fully saturated rings. The lowest BCUT2D eigenvalue weighted by Crippen LogP contribution is -2.36. The van der Waals surface area contributed by atoms with Crippen LogP contribution in [0.5, 0.6) is 0 Å². The molecule has 0 amide bonds. The van der Waals surface area contributed by atoms with E-state index in [1.807, 2.05) is 31.2 Å². The number of nitrogens with zero attached hydrogens (tertiary/aromatic N) is 1. The summed E-state index contributed by atoms with van der Waals surface area (Å²) in [4.78, 5) is 28.6. The normalized spacial score (nSPS) is 19.9. The number of esters is 1. The Hall–Kier alpha value is -2.15. The first-order valence-electron chi connectivity index (χ1n) is 6.48. The molecule has 1 aromatic carbocycles. The fourth-order valence-electron chi connectivity index (χ4n) is 2.22. The van der Waals surface area contributed by atoms with Crippen LogP contribution in [0.25, 0.3) is 0 Å². The quantitative estimate of drug-likeness (QED) is 0.465. The molecule has 1 heterocycles. The Morgan fingerprint density at radius 1 is 1.45 bits per heavy atom. The summed E-state index contributed by atoms with van der Waals surface area (Å²) in [5, 5.41) is 3.22. The van der Waals surface area contributed by atoms with E-state index >= 15 is 0 Å². The Balaban J connectivity index is 1.91. The maximum atomic E-state index is 12.0. The van der Waals surface area contributed by atoms with Crippen LogP contribution < -0.4 is 10.9 Å². The topological polar surface area (TPSA) is 79.7 Å². The third kappa shape index (κ3) is 3.05. The molecule has 2 rings (SSSR count). The highest BCUT2D eigenvalue weighted by Crippen LogP contribution is 2.35. The number of hydrogen-bond acceptors (Lipinski definition) is 5. The fraction of sp³-hybridized carbons (Fsp3) is 0.462. The smallest absolute Gasteiger partial charge is 0.335 e. The van der Waals surface area contributed by atoms with Crippen molar-refractivity contribution in [1.82, 2.24) is 5.59 Å². The minimum atomic E-state index is -0.522. The Kier molecular flexibility index (Phi) is 4.52. The SMILES string of the molecule is CCOC(=O)CON[N+](=O)C1c2ccccc2NC1C. The number of ether oxygens (including phenoxy) is 1. The number of anilines is 1. The van der Waals surface area contributed by atoms with Gasteiger partial charge in [0, 0.05) is 5.69 Å². The highest BCUT2D eigenvalue weighted by molar-refractivity contribution is 5.70. The van der Waals surface area contributed by atoms with Crippen LogP contribution in [0.3, 0.4) is 0 Å². The second-order valence-electron chi connectivity index (χ2n) is 4.48. The van der Waals surface area contributed by atoms with Gasteiger partial charge in [-0.05, 0) is 31.6 Å². The standard InChI is InChI=1S/C13H18N3O4/c1-3-19-12(17)8-20-15-16(18)13-9(2)14-11-7-5-4-6-10(11)13/h4-7,9,13-14H,3,8H2,1-2H3,(H,15,18)/q+1. The number of nitrogens with one attached hydrogen (secondary N) is 2. The van der Waals surface area contributed by atoms with Crippen molar-refractivity contribution in [2.24, 2.45) is 0 Å². The van der Waals surface area contributed by atoms with Crippen LogP contribution in [0.15, 0.2) is 24.3 Å². The number of rotatable bonds is 6. The van der Waals surface area contributed by atoms with Crippen LogP contribution in [0.2, 0.25) is 0 Å². The first-order valence-corrected chi connectivity index (χ1v) is 6.48. The third-order valence-electron chi connectivity index (χ3n) is 3.04. The van der Waals surface area contributed by atoms with Gasteiger partial charge in [-0.15, -0.1) is 0 Å². The summed E-state index contributed by atoms with van der Waals surface area (Å²) in [7, 11) is 0. The summed E-state index contributed by atoms with van der Waals surface area (Å²) in [6, 6.07) is 7.09. The number of para-hydroxylation sites is 1. The third-order valence-corrected chi connectivity index (χ3v) is 3.04. The van der Waals surface area contributed by atoms with Crippen LogP contribution in [0, 0.1) is 4.91 Å². The van der Waals surface area contributed by atoms with Gasteiger partial charge in [0.1, 0.15) is 0 Å². The van der Waals surface area contributed by atoms with Crippen molar-refractivity contribution >= 4 is 11.7 Å². The number of hydrazine groups is 1. The van der Waals surface area contributed by atoms with E-state index in [2.05, 4.69) is 15.6 Å². The van der Waals surface area contributed by atoms with Gasteiger partial charge in [-0.3, -0.25) is 0 Å². The molecule has 108 valence electrons. The molecule has 0 spiro atoms. The van der Waals surface area contributed by atoms with Gasteiger partial charge in [-0.1, -0.05) is 12.1 Å². The lowest BCUT2D eigenvalue weighted by Gasteiger charge is -2.08. The molecule has 2 unspecified atom stereocenters. The van der Waals surface area contributed by atoms with Crippen LogP contribution in [0.4, 0.5) is 5.69 Å². The number of benzene rings is 1. The van der Waals surface area contributed by atoms with Crippen molar-refractivity contribution in [1.29, 1.82) is 0 Å². The van der Waals surface area contributed by atoms with E-state index in [0.717, 1.165) is 11.3 Å². The second kappa shape index (κ2) is 6.33. The molecule has 1 aliphatic rings. The zero-order valence-corrected chi connectivity index (χ0v) is 11.5.